The first-order valence-corrected chi connectivity index (χ1v) is 5.60. The zero-order valence-electron chi connectivity index (χ0n) is 9.25. The minimum atomic E-state index is -0.877. The van der Waals surface area contributed by atoms with Gasteiger partial charge >= 0.3 is 0 Å². The molecule has 94 valence electrons. The van der Waals surface area contributed by atoms with E-state index in [4.69, 9.17) is 11.6 Å². The normalized spacial score (nSPS) is 10.4. The van der Waals surface area contributed by atoms with Crippen molar-refractivity contribution in [2.75, 3.05) is 5.32 Å². The van der Waals surface area contributed by atoms with Gasteiger partial charge in [0.2, 0.25) is 0 Å². The van der Waals surface area contributed by atoms with Crippen LogP contribution < -0.4 is 5.32 Å². The van der Waals surface area contributed by atoms with Gasteiger partial charge in [-0.2, -0.15) is 0 Å². The van der Waals surface area contributed by atoms with Gasteiger partial charge in [0.05, 0.1) is 5.02 Å². The van der Waals surface area contributed by atoms with Crippen LogP contribution in [-0.4, -0.2) is 5.11 Å². The number of benzene rings is 2. The number of anilines is 1. The Morgan fingerprint density at radius 3 is 2.50 bits per heavy atom. The summed E-state index contributed by atoms with van der Waals surface area (Å²) in [7, 11) is 0. The van der Waals surface area contributed by atoms with Crippen molar-refractivity contribution in [1.29, 1.82) is 0 Å². The van der Waals surface area contributed by atoms with E-state index in [0.717, 1.165) is 12.1 Å². The standard InChI is InChI=1S/C13H10ClF2NO/c14-10-6-9(2-4-13(10)18)17-7-8-1-3-11(15)12(16)5-8/h1-6,17-18H,7H2. The third-order valence-electron chi connectivity index (χ3n) is 2.43. The first-order valence-electron chi connectivity index (χ1n) is 5.22. The molecule has 2 rings (SSSR count). The molecule has 18 heavy (non-hydrogen) atoms. The molecule has 0 amide bonds. The average molecular weight is 270 g/mol. The fourth-order valence-electron chi connectivity index (χ4n) is 1.47. The van der Waals surface area contributed by atoms with Crippen LogP contribution >= 0.6 is 11.6 Å². The molecule has 0 aromatic heterocycles. The molecule has 0 unspecified atom stereocenters. The van der Waals surface area contributed by atoms with Gasteiger partial charge in [-0.25, -0.2) is 8.78 Å². The Bertz CT molecular complexity index is 523. The van der Waals surface area contributed by atoms with E-state index in [-0.39, 0.29) is 10.8 Å². The molecule has 5 heteroatoms. The van der Waals surface area contributed by atoms with Gasteiger partial charge in [0.25, 0.3) is 0 Å². The Kier molecular flexibility index (Phi) is 3.67. The molecule has 0 spiro atoms. The van der Waals surface area contributed by atoms with Crippen LogP contribution in [0.15, 0.2) is 36.4 Å². The highest BCUT2D eigenvalue weighted by atomic mass is 35.5. The number of aromatic hydroxyl groups is 1. The molecule has 0 aliphatic carbocycles. The third kappa shape index (κ3) is 2.90. The smallest absolute Gasteiger partial charge is 0.159 e. The zero-order chi connectivity index (χ0) is 13.1. The summed E-state index contributed by atoms with van der Waals surface area (Å²) in [6, 6.07) is 8.35. The molecule has 0 radical (unpaired) electrons. The highest BCUT2D eigenvalue weighted by Crippen LogP contribution is 2.26. The molecule has 2 N–H and O–H groups in total. The summed E-state index contributed by atoms with van der Waals surface area (Å²) in [6.45, 7) is 0.332. The Labute approximate surface area is 108 Å². The molecular formula is C13H10ClF2NO. The molecule has 0 aliphatic rings. The van der Waals surface area contributed by atoms with Crippen molar-refractivity contribution in [3.63, 3.8) is 0 Å². The molecule has 2 aromatic carbocycles. The van der Waals surface area contributed by atoms with Crippen molar-refractivity contribution >= 4 is 17.3 Å². The van der Waals surface area contributed by atoms with Crippen LogP contribution in [0.3, 0.4) is 0 Å². The topological polar surface area (TPSA) is 32.3 Å². The van der Waals surface area contributed by atoms with E-state index in [1.54, 1.807) is 12.1 Å². The molecule has 2 aromatic rings. The number of hydrogen-bond acceptors (Lipinski definition) is 2. The van der Waals surface area contributed by atoms with Crippen LogP contribution in [0, 0.1) is 11.6 Å². The lowest BCUT2D eigenvalue weighted by Gasteiger charge is -2.08. The molecule has 0 heterocycles. The number of phenolic OH excluding ortho intramolecular Hbond substituents is 1. The Hall–Kier alpha value is -1.81. The highest BCUT2D eigenvalue weighted by Gasteiger charge is 2.03. The maximum atomic E-state index is 13.0. The molecular weight excluding hydrogens is 260 g/mol. The van der Waals surface area contributed by atoms with Gasteiger partial charge in [0.15, 0.2) is 11.6 Å². The maximum Gasteiger partial charge on any atom is 0.159 e. The monoisotopic (exact) mass is 269 g/mol. The molecule has 0 saturated heterocycles. The first kappa shape index (κ1) is 12.6. The van der Waals surface area contributed by atoms with Gasteiger partial charge in [-0.05, 0) is 35.9 Å². The van der Waals surface area contributed by atoms with Crippen molar-refractivity contribution in [1.82, 2.24) is 0 Å². The molecule has 0 saturated carbocycles. The molecule has 0 bridgehead atoms. The SMILES string of the molecule is Oc1ccc(NCc2ccc(F)c(F)c2)cc1Cl. The first-order chi connectivity index (χ1) is 8.56. The molecule has 0 aliphatic heterocycles. The third-order valence-corrected chi connectivity index (χ3v) is 2.73. The van der Waals surface area contributed by atoms with Gasteiger partial charge in [0, 0.05) is 12.2 Å². The average Bonchev–Trinajstić information content (AvgIpc) is 2.35. The number of phenols is 1. The van der Waals surface area contributed by atoms with Gasteiger partial charge in [-0.15, -0.1) is 0 Å². The van der Waals surface area contributed by atoms with E-state index < -0.39 is 11.6 Å². The number of nitrogens with one attached hydrogen (secondary N) is 1. The predicted octanol–water partition coefficient (Wildman–Crippen LogP) is 3.94. The predicted molar refractivity (Wildman–Crippen MR) is 66.8 cm³/mol. The van der Waals surface area contributed by atoms with Crippen molar-refractivity contribution in [3.05, 3.63) is 58.6 Å². The molecule has 0 atom stereocenters. The number of rotatable bonds is 3. The highest BCUT2D eigenvalue weighted by molar-refractivity contribution is 6.32. The van der Waals surface area contributed by atoms with Crippen LogP contribution in [0.2, 0.25) is 5.02 Å². The van der Waals surface area contributed by atoms with Gasteiger partial charge in [-0.3, -0.25) is 0 Å². The van der Waals surface area contributed by atoms with Crippen LogP contribution in [0.4, 0.5) is 14.5 Å². The van der Waals surface area contributed by atoms with Gasteiger partial charge < -0.3 is 10.4 Å². The lowest BCUT2D eigenvalue weighted by molar-refractivity contribution is 0.475. The fourth-order valence-corrected chi connectivity index (χ4v) is 1.65. The minimum Gasteiger partial charge on any atom is -0.506 e. The lowest BCUT2D eigenvalue weighted by Crippen LogP contribution is -2.00. The largest absolute Gasteiger partial charge is 0.506 e. The quantitative estimate of drug-likeness (QED) is 0.828. The lowest BCUT2D eigenvalue weighted by atomic mass is 10.2. The van der Waals surface area contributed by atoms with Crippen LogP contribution in [-0.2, 0) is 6.54 Å². The Morgan fingerprint density at radius 1 is 1.06 bits per heavy atom. The van der Waals surface area contributed by atoms with E-state index in [1.807, 2.05) is 0 Å². The van der Waals surface area contributed by atoms with E-state index in [2.05, 4.69) is 5.32 Å². The zero-order valence-corrected chi connectivity index (χ0v) is 10.0. The summed E-state index contributed by atoms with van der Waals surface area (Å²) in [4.78, 5) is 0. The maximum absolute atomic E-state index is 13.0. The van der Waals surface area contributed by atoms with E-state index in [1.165, 1.54) is 12.1 Å². The van der Waals surface area contributed by atoms with E-state index in [0.29, 0.717) is 17.8 Å². The van der Waals surface area contributed by atoms with Gasteiger partial charge in [-0.1, -0.05) is 17.7 Å². The van der Waals surface area contributed by atoms with Crippen molar-refractivity contribution in [2.24, 2.45) is 0 Å². The van der Waals surface area contributed by atoms with Crippen LogP contribution in [0.1, 0.15) is 5.56 Å². The van der Waals surface area contributed by atoms with Crippen molar-refractivity contribution < 1.29 is 13.9 Å². The Balaban J connectivity index is 2.06. The summed E-state index contributed by atoms with van der Waals surface area (Å²) < 4.78 is 25.7. The van der Waals surface area contributed by atoms with Crippen molar-refractivity contribution in [3.8, 4) is 5.75 Å². The summed E-state index contributed by atoms with van der Waals surface area (Å²) in [5, 5.41) is 12.5. The Morgan fingerprint density at radius 2 is 1.83 bits per heavy atom. The second kappa shape index (κ2) is 5.23. The fraction of sp³-hybridized carbons (Fsp3) is 0.0769. The molecule has 2 nitrogen and oxygen atoms in total. The van der Waals surface area contributed by atoms with Gasteiger partial charge in [0.1, 0.15) is 5.75 Å². The second-order valence-electron chi connectivity index (χ2n) is 3.77. The summed E-state index contributed by atoms with van der Waals surface area (Å²) in [6.07, 6.45) is 0. The second-order valence-corrected chi connectivity index (χ2v) is 4.18. The summed E-state index contributed by atoms with van der Waals surface area (Å²) >= 11 is 5.74. The summed E-state index contributed by atoms with van der Waals surface area (Å²) in [5.41, 5.74) is 1.29. The molecule has 0 fully saturated rings. The van der Waals surface area contributed by atoms with Crippen LogP contribution in [0.5, 0.6) is 5.75 Å². The van der Waals surface area contributed by atoms with E-state index >= 15 is 0 Å². The number of hydrogen-bond donors (Lipinski definition) is 2. The van der Waals surface area contributed by atoms with Crippen LogP contribution in [0.25, 0.3) is 0 Å². The number of halogens is 3. The van der Waals surface area contributed by atoms with Crippen molar-refractivity contribution in [2.45, 2.75) is 6.54 Å². The summed E-state index contributed by atoms with van der Waals surface area (Å²) in [5.74, 6) is -1.75. The van der Waals surface area contributed by atoms with E-state index in [9.17, 15) is 13.9 Å². The minimum absolute atomic E-state index is 0.00459.